The standard InChI is InChI=1S/C26H27FN2O5S/c27-25-11-10-23(35(31,32)29-14-16-33-17-15-29)18-24(25)26(30)28-13-12-20-6-8-22(9-7-20)34-19-21-4-2-1-3-5-21/h1-11,18H,12-17,19H2,(H,28,30). The topological polar surface area (TPSA) is 84.9 Å². The van der Waals surface area contributed by atoms with Gasteiger partial charge in [-0.1, -0.05) is 42.5 Å². The SMILES string of the molecule is O=C(NCCc1ccc(OCc2ccccc2)cc1)c1cc(S(=O)(=O)N2CCOCC2)ccc1F. The number of ether oxygens (including phenoxy) is 2. The van der Waals surface area contributed by atoms with E-state index >= 15 is 0 Å². The van der Waals surface area contributed by atoms with Crippen LogP contribution < -0.4 is 10.1 Å². The molecule has 35 heavy (non-hydrogen) atoms. The summed E-state index contributed by atoms with van der Waals surface area (Å²) in [6.45, 7) is 1.78. The molecule has 0 aliphatic carbocycles. The highest BCUT2D eigenvalue weighted by Gasteiger charge is 2.27. The van der Waals surface area contributed by atoms with Crippen molar-refractivity contribution in [2.24, 2.45) is 0 Å². The molecule has 184 valence electrons. The number of rotatable bonds is 9. The van der Waals surface area contributed by atoms with Gasteiger partial charge in [0.15, 0.2) is 0 Å². The van der Waals surface area contributed by atoms with Crippen molar-refractivity contribution in [1.29, 1.82) is 0 Å². The van der Waals surface area contributed by atoms with Crippen molar-refractivity contribution in [1.82, 2.24) is 9.62 Å². The number of sulfonamides is 1. The number of amides is 1. The van der Waals surface area contributed by atoms with Crippen LogP contribution in [0.1, 0.15) is 21.5 Å². The lowest BCUT2D eigenvalue weighted by Gasteiger charge is -2.26. The second-order valence-corrected chi connectivity index (χ2v) is 10.0. The Kier molecular flexibility index (Phi) is 8.12. The van der Waals surface area contributed by atoms with Crippen LogP contribution in [-0.2, 0) is 27.8 Å². The molecule has 1 saturated heterocycles. The first-order chi connectivity index (χ1) is 16.9. The maximum absolute atomic E-state index is 14.3. The van der Waals surface area contributed by atoms with Crippen LogP contribution in [0.4, 0.5) is 4.39 Å². The number of carbonyl (C=O) groups is 1. The molecule has 1 heterocycles. The van der Waals surface area contributed by atoms with Crippen LogP contribution in [0.15, 0.2) is 77.7 Å². The van der Waals surface area contributed by atoms with E-state index in [1.54, 1.807) is 0 Å². The molecule has 1 amide bonds. The molecular formula is C26H27FN2O5S. The van der Waals surface area contributed by atoms with Gasteiger partial charge in [0.1, 0.15) is 18.2 Å². The van der Waals surface area contributed by atoms with Crippen molar-refractivity contribution in [2.45, 2.75) is 17.9 Å². The van der Waals surface area contributed by atoms with Gasteiger partial charge in [0, 0.05) is 19.6 Å². The monoisotopic (exact) mass is 498 g/mol. The number of carbonyl (C=O) groups excluding carboxylic acids is 1. The lowest BCUT2D eigenvalue weighted by molar-refractivity contribution is 0.0730. The molecule has 7 nitrogen and oxygen atoms in total. The van der Waals surface area contributed by atoms with Crippen molar-refractivity contribution in [3.8, 4) is 5.75 Å². The zero-order valence-corrected chi connectivity index (χ0v) is 20.0. The Bertz CT molecular complexity index is 1240. The molecule has 0 saturated carbocycles. The zero-order valence-electron chi connectivity index (χ0n) is 19.2. The summed E-state index contributed by atoms with van der Waals surface area (Å²) in [5.74, 6) is -0.699. The number of benzene rings is 3. The Morgan fingerprint density at radius 1 is 0.971 bits per heavy atom. The van der Waals surface area contributed by atoms with Crippen LogP contribution in [0.25, 0.3) is 0 Å². The summed E-state index contributed by atoms with van der Waals surface area (Å²) in [6, 6.07) is 20.7. The van der Waals surface area contributed by atoms with Crippen molar-refractivity contribution < 1.29 is 27.1 Å². The van der Waals surface area contributed by atoms with E-state index in [-0.39, 0.29) is 30.1 Å². The predicted octanol–water partition coefficient (Wildman–Crippen LogP) is 3.40. The van der Waals surface area contributed by atoms with Gasteiger partial charge in [-0.05, 0) is 47.9 Å². The number of nitrogens with zero attached hydrogens (tertiary/aromatic N) is 1. The van der Waals surface area contributed by atoms with E-state index in [4.69, 9.17) is 9.47 Å². The van der Waals surface area contributed by atoms with Gasteiger partial charge < -0.3 is 14.8 Å². The lowest BCUT2D eigenvalue weighted by Crippen LogP contribution is -2.40. The number of hydrogen-bond acceptors (Lipinski definition) is 5. The van der Waals surface area contributed by atoms with Gasteiger partial charge in [0.25, 0.3) is 5.91 Å². The molecule has 1 aliphatic rings. The van der Waals surface area contributed by atoms with Gasteiger partial charge in [-0.25, -0.2) is 12.8 Å². The van der Waals surface area contributed by atoms with E-state index in [0.717, 1.165) is 29.0 Å². The molecule has 3 aromatic rings. The smallest absolute Gasteiger partial charge is 0.254 e. The minimum Gasteiger partial charge on any atom is -0.489 e. The molecule has 1 N–H and O–H groups in total. The highest BCUT2D eigenvalue weighted by molar-refractivity contribution is 7.89. The summed E-state index contributed by atoms with van der Waals surface area (Å²) >= 11 is 0. The number of halogens is 1. The molecular weight excluding hydrogens is 471 g/mol. The van der Waals surface area contributed by atoms with E-state index in [9.17, 15) is 17.6 Å². The van der Waals surface area contributed by atoms with Crippen molar-refractivity contribution in [3.05, 3.63) is 95.3 Å². The third-order valence-corrected chi connectivity index (χ3v) is 7.56. The van der Waals surface area contributed by atoms with E-state index in [1.165, 1.54) is 10.4 Å². The summed E-state index contributed by atoms with van der Waals surface area (Å²) in [4.78, 5) is 12.5. The highest BCUT2D eigenvalue weighted by Crippen LogP contribution is 2.20. The molecule has 0 spiro atoms. The normalized spacial score (nSPS) is 14.4. The van der Waals surface area contributed by atoms with Crippen LogP contribution in [0.2, 0.25) is 0 Å². The first-order valence-electron chi connectivity index (χ1n) is 11.3. The fourth-order valence-corrected chi connectivity index (χ4v) is 5.12. The van der Waals surface area contributed by atoms with Gasteiger partial charge >= 0.3 is 0 Å². The van der Waals surface area contributed by atoms with Crippen molar-refractivity contribution in [3.63, 3.8) is 0 Å². The summed E-state index contributed by atoms with van der Waals surface area (Å²) in [5, 5.41) is 2.67. The van der Waals surface area contributed by atoms with Gasteiger partial charge in [-0.3, -0.25) is 4.79 Å². The minimum atomic E-state index is -3.83. The van der Waals surface area contributed by atoms with Crippen LogP contribution in [0, 0.1) is 5.82 Å². The summed E-state index contributed by atoms with van der Waals surface area (Å²) in [5.41, 5.74) is 1.75. The fourth-order valence-electron chi connectivity index (χ4n) is 3.68. The first kappa shape index (κ1) is 24.8. The zero-order chi connectivity index (χ0) is 24.7. The third kappa shape index (κ3) is 6.45. The Hall–Kier alpha value is -3.27. The minimum absolute atomic E-state index is 0.114. The Balaban J connectivity index is 1.31. The largest absolute Gasteiger partial charge is 0.489 e. The Morgan fingerprint density at radius 3 is 2.40 bits per heavy atom. The molecule has 0 bridgehead atoms. The van der Waals surface area contributed by atoms with Gasteiger partial charge in [-0.2, -0.15) is 4.31 Å². The van der Waals surface area contributed by atoms with Crippen molar-refractivity contribution in [2.75, 3.05) is 32.8 Å². The van der Waals surface area contributed by atoms with E-state index < -0.39 is 21.7 Å². The predicted molar refractivity (Wildman–Crippen MR) is 129 cm³/mol. The maximum Gasteiger partial charge on any atom is 0.254 e. The van der Waals surface area contributed by atoms with Crippen LogP contribution in [-0.4, -0.2) is 51.5 Å². The third-order valence-electron chi connectivity index (χ3n) is 5.66. The highest BCUT2D eigenvalue weighted by atomic mass is 32.2. The number of hydrogen-bond donors (Lipinski definition) is 1. The van der Waals surface area contributed by atoms with Crippen molar-refractivity contribution >= 4 is 15.9 Å². The summed E-state index contributed by atoms with van der Waals surface area (Å²) in [6.07, 6.45) is 0.526. The Morgan fingerprint density at radius 2 is 1.69 bits per heavy atom. The average Bonchev–Trinajstić information content (AvgIpc) is 2.89. The molecule has 3 aromatic carbocycles. The van der Waals surface area contributed by atoms with Crippen LogP contribution >= 0.6 is 0 Å². The first-order valence-corrected chi connectivity index (χ1v) is 12.8. The second kappa shape index (κ2) is 11.4. The van der Waals surface area contributed by atoms with Crippen LogP contribution in [0.3, 0.4) is 0 Å². The van der Waals surface area contributed by atoms with E-state index in [2.05, 4.69) is 5.32 Å². The van der Waals surface area contributed by atoms with E-state index in [1.807, 2.05) is 54.6 Å². The van der Waals surface area contributed by atoms with Gasteiger partial charge in [0.2, 0.25) is 10.0 Å². The fraction of sp³-hybridized carbons (Fsp3) is 0.269. The quantitative estimate of drug-likeness (QED) is 0.489. The number of nitrogens with one attached hydrogen (secondary N) is 1. The summed E-state index contributed by atoms with van der Waals surface area (Å²) < 4.78 is 52.2. The molecule has 0 atom stereocenters. The van der Waals surface area contributed by atoms with E-state index in [0.29, 0.717) is 26.2 Å². The number of morpholine rings is 1. The molecule has 1 aliphatic heterocycles. The molecule has 1 fully saturated rings. The lowest BCUT2D eigenvalue weighted by atomic mass is 10.1. The molecule has 4 rings (SSSR count). The van der Waals surface area contributed by atoms with Crippen LogP contribution in [0.5, 0.6) is 5.75 Å². The summed E-state index contributed by atoms with van der Waals surface area (Å²) in [7, 11) is -3.83. The molecule has 0 aromatic heterocycles. The molecule has 9 heteroatoms. The Labute approximate surface area is 204 Å². The average molecular weight is 499 g/mol. The second-order valence-electron chi connectivity index (χ2n) is 8.08. The molecule has 0 radical (unpaired) electrons. The maximum atomic E-state index is 14.3. The van der Waals surface area contributed by atoms with Gasteiger partial charge in [0.05, 0.1) is 23.7 Å². The van der Waals surface area contributed by atoms with Gasteiger partial charge in [-0.15, -0.1) is 0 Å². The molecule has 0 unspecified atom stereocenters.